The molecule has 1 aromatic carbocycles. The Kier molecular flexibility index (Phi) is 3.07. The summed E-state index contributed by atoms with van der Waals surface area (Å²) in [5.41, 5.74) is 1.44. The molecule has 0 atom stereocenters. The number of carbonyl (C=O) groups is 2. The van der Waals surface area contributed by atoms with E-state index in [0.717, 1.165) is 5.56 Å². The fourth-order valence-corrected chi connectivity index (χ4v) is 1.87. The zero-order chi connectivity index (χ0) is 14.8. The van der Waals surface area contributed by atoms with Crippen molar-refractivity contribution in [3.63, 3.8) is 0 Å². The highest BCUT2D eigenvalue weighted by molar-refractivity contribution is 6.29. The lowest BCUT2D eigenvalue weighted by molar-refractivity contribution is -0.158. The first-order valence-corrected chi connectivity index (χ1v) is 5.82. The average Bonchev–Trinajstić information content (AvgIpc) is 3.01. The van der Waals surface area contributed by atoms with E-state index < -0.39 is 11.9 Å². The van der Waals surface area contributed by atoms with E-state index in [9.17, 15) is 9.59 Å². The van der Waals surface area contributed by atoms with Gasteiger partial charge in [-0.1, -0.05) is 12.1 Å². The number of fused-ring (bicyclic) bond motifs is 1. The maximum atomic E-state index is 11.1. The molecule has 3 rings (SSSR count). The first kappa shape index (κ1) is 12.8. The molecular weight excluding hydrogens is 280 g/mol. The number of carboxylic acids is 1. The maximum Gasteiger partial charge on any atom is 0.422 e. The summed E-state index contributed by atoms with van der Waals surface area (Å²) in [5, 5.41) is 21.9. The molecule has 1 aromatic heterocycles. The van der Waals surface area contributed by atoms with Crippen LogP contribution in [-0.2, 0) is 16.0 Å². The highest BCUT2D eigenvalue weighted by Gasteiger charge is 2.23. The number of rotatable bonds is 2. The van der Waals surface area contributed by atoms with E-state index in [2.05, 4.69) is 20.6 Å². The minimum atomic E-state index is -1.67. The van der Waals surface area contributed by atoms with Gasteiger partial charge in [0, 0.05) is 17.6 Å². The van der Waals surface area contributed by atoms with Crippen LogP contribution >= 0.6 is 0 Å². The van der Waals surface area contributed by atoms with Crippen molar-refractivity contribution in [3.8, 4) is 11.5 Å². The molecule has 0 spiro atoms. The van der Waals surface area contributed by atoms with Gasteiger partial charge < -0.3 is 14.6 Å². The number of H-pyrrole nitrogens is 1. The van der Waals surface area contributed by atoms with Crippen molar-refractivity contribution in [1.82, 2.24) is 20.6 Å². The Labute approximate surface area is 117 Å². The molecule has 1 aliphatic rings. The van der Waals surface area contributed by atoms with Gasteiger partial charge in [-0.05, 0) is 16.5 Å². The lowest BCUT2D eigenvalue weighted by atomic mass is 10.0. The number of para-hydroxylation sites is 1. The van der Waals surface area contributed by atoms with Crippen LogP contribution in [0.4, 0.5) is 0 Å². The highest BCUT2D eigenvalue weighted by atomic mass is 16.6. The summed E-state index contributed by atoms with van der Waals surface area (Å²) >= 11 is 0. The Balaban J connectivity index is 1.88. The zero-order valence-electron chi connectivity index (χ0n) is 10.4. The van der Waals surface area contributed by atoms with E-state index in [-0.39, 0.29) is 5.75 Å². The van der Waals surface area contributed by atoms with E-state index in [4.69, 9.17) is 14.6 Å². The normalized spacial score (nSPS) is 12.9. The summed E-state index contributed by atoms with van der Waals surface area (Å²) in [6.07, 6.45) is 1.87. The van der Waals surface area contributed by atoms with Gasteiger partial charge in [0.15, 0.2) is 17.3 Å². The Morgan fingerprint density at radius 1 is 1.38 bits per heavy atom. The van der Waals surface area contributed by atoms with Gasteiger partial charge in [-0.2, -0.15) is 0 Å². The predicted molar refractivity (Wildman–Crippen MR) is 66.2 cm³/mol. The summed E-state index contributed by atoms with van der Waals surface area (Å²) in [6.45, 7) is 0. The molecule has 2 heterocycles. The van der Waals surface area contributed by atoms with Gasteiger partial charge in [-0.3, -0.25) is 0 Å². The molecule has 0 bridgehead atoms. The van der Waals surface area contributed by atoms with Crippen LogP contribution in [0.1, 0.15) is 11.4 Å². The fourth-order valence-electron chi connectivity index (χ4n) is 1.87. The van der Waals surface area contributed by atoms with Crippen molar-refractivity contribution in [2.24, 2.45) is 0 Å². The first-order chi connectivity index (χ1) is 10.1. The summed E-state index contributed by atoms with van der Waals surface area (Å²) in [7, 11) is 0. The van der Waals surface area contributed by atoms with Crippen LogP contribution in [0.3, 0.4) is 0 Å². The lowest BCUT2D eigenvalue weighted by Gasteiger charge is -2.18. The quantitative estimate of drug-likeness (QED) is 0.454. The second-order valence-electron chi connectivity index (χ2n) is 4.13. The minimum absolute atomic E-state index is 0.0471. The number of tetrazole rings is 1. The number of carbonyl (C=O) groups excluding carboxylic acids is 1. The number of aliphatic carboxylic acids is 1. The Bertz CT molecular complexity index is 738. The number of benzene rings is 1. The molecule has 21 heavy (non-hydrogen) atoms. The third-order valence-electron chi connectivity index (χ3n) is 2.79. The SMILES string of the molecule is O=C(O)C(=O)Oc1cccc2c1OC=C(c1nnn[nH]1)C2. The summed E-state index contributed by atoms with van der Waals surface area (Å²) in [6, 6.07) is 4.85. The molecule has 0 unspecified atom stereocenters. The molecule has 1 aliphatic heterocycles. The topological polar surface area (TPSA) is 127 Å². The van der Waals surface area contributed by atoms with Gasteiger partial charge in [-0.15, -0.1) is 5.10 Å². The van der Waals surface area contributed by atoms with Gasteiger partial charge in [0.25, 0.3) is 0 Å². The van der Waals surface area contributed by atoms with Crippen LogP contribution < -0.4 is 9.47 Å². The fraction of sp³-hybridized carbons (Fsp3) is 0.0833. The number of nitrogens with one attached hydrogen (secondary N) is 1. The molecule has 9 heteroatoms. The van der Waals surface area contributed by atoms with Crippen molar-refractivity contribution in [2.75, 3.05) is 0 Å². The van der Waals surface area contributed by atoms with Crippen molar-refractivity contribution in [3.05, 3.63) is 35.8 Å². The van der Waals surface area contributed by atoms with Crippen LogP contribution in [-0.4, -0.2) is 37.7 Å². The van der Waals surface area contributed by atoms with Gasteiger partial charge in [0.05, 0.1) is 6.26 Å². The second-order valence-corrected chi connectivity index (χ2v) is 4.13. The van der Waals surface area contributed by atoms with Crippen LogP contribution in [0.15, 0.2) is 24.5 Å². The highest BCUT2D eigenvalue weighted by Crippen LogP contribution is 2.37. The monoisotopic (exact) mass is 288 g/mol. The average molecular weight is 288 g/mol. The molecule has 0 aliphatic carbocycles. The molecular formula is C12H8N4O5. The summed E-state index contributed by atoms with van der Waals surface area (Å²) in [5.74, 6) is -2.24. The number of nitrogens with zero attached hydrogens (tertiary/aromatic N) is 3. The van der Waals surface area contributed by atoms with Crippen molar-refractivity contribution in [1.29, 1.82) is 0 Å². The molecule has 0 saturated carbocycles. The Hall–Kier alpha value is -3.23. The number of hydrogen-bond donors (Lipinski definition) is 2. The van der Waals surface area contributed by atoms with Crippen LogP contribution in [0.2, 0.25) is 0 Å². The zero-order valence-corrected chi connectivity index (χ0v) is 10.4. The van der Waals surface area contributed by atoms with E-state index in [1.165, 1.54) is 12.3 Å². The summed E-state index contributed by atoms with van der Waals surface area (Å²) < 4.78 is 10.2. The van der Waals surface area contributed by atoms with Gasteiger partial charge in [-0.25, -0.2) is 14.7 Å². The van der Waals surface area contributed by atoms with E-state index in [1.807, 2.05) is 0 Å². The number of hydrogen-bond acceptors (Lipinski definition) is 7. The minimum Gasteiger partial charge on any atom is -0.473 e. The summed E-state index contributed by atoms with van der Waals surface area (Å²) in [4.78, 5) is 21.7. The van der Waals surface area contributed by atoms with E-state index in [1.54, 1.807) is 12.1 Å². The van der Waals surface area contributed by atoms with Crippen molar-refractivity contribution < 1.29 is 24.2 Å². The molecule has 2 N–H and O–H groups in total. The van der Waals surface area contributed by atoms with Crippen LogP contribution in [0.25, 0.3) is 5.57 Å². The second kappa shape index (κ2) is 5.04. The maximum absolute atomic E-state index is 11.1. The third kappa shape index (κ3) is 2.43. The van der Waals surface area contributed by atoms with Crippen molar-refractivity contribution in [2.45, 2.75) is 6.42 Å². The lowest BCUT2D eigenvalue weighted by Crippen LogP contribution is -2.20. The molecule has 0 fully saturated rings. The number of allylic oxidation sites excluding steroid dienone is 1. The number of aromatic amines is 1. The Morgan fingerprint density at radius 3 is 2.95 bits per heavy atom. The van der Waals surface area contributed by atoms with E-state index >= 15 is 0 Å². The predicted octanol–water partition coefficient (Wildman–Crippen LogP) is 0.166. The number of ether oxygens (including phenoxy) is 2. The van der Waals surface area contributed by atoms with Gasteiger partial charge >= 0.3 is 11.9 Å². The first-order valence-electron chi connectivity index (χ1n) is 5.82. The number of carboxylic acid groups (broad SMARTS) is 1. The van der Waals surface area contributed by atoms with Crippen LogP contribution in [0, 0.1) is 0 Å². The molecule has 0 radical (unpaired) electrons. The smallest absolute Gasteiger partial charge is 0.422 e. The molecule has 9 nitrogen and oxygen atoms in total. The van der Waals surface area contributed by atoms with Gasteiger partial charge in [0.1, 0.15) is 0 Å². The molecule has 106 valence electrons. The number of esters is 1. The van der Waals surface area contributed by atoms with Crippen LogP contribution in [0.5, 0.6) is 11.5 Å². The number of aromatic nitrogens is 4. The molecule has 2 aromatic rings. The van der Waals surface area contributed by atoms with E-state index in [0.29, 0.717) is 23.6 Å². The molecule has 0 amide bonds. The third-order valence-corrected chi connectivity index (χ3v) is 2.79. The Morgan fingerprint density at radius 2 is 2.24 bits per heavy atom. The largest absolute Gasteiger partial charge is 0.473 e. The van der Waals surface area contributed by atoms with Gasteiger partial charge in [0.2, 0.25) is 0 Å². The van der Waals surface area contributed by atoms with Crippen molar-refractivity contribution >= 4 is 17.5 Å². The standard InChI is InChI=1S/C12H8N4O5/c17-11(18)12(19)21-8-3-1-2-6-4-7(5-20-9(6)8)10-13-15-16-14-10/h1-3,5H,4H2,(H,17,18)(H,13,14,15,16). The molecule has 0 saturated heterocycles.